The predicted molar refractivity (Wildman–Crippen MR) is 57.4 cm³/mol. The standard InChI is InChI=1S/C11H10N4O/c1-8(16)6-9-2-4-10(5-3-9)11-14-12-7-13-15-11/h2-5,7H,6H2,1H3. The molecular weight excluding hydrogens is 204 g/mol. The number of carbonyl (C=O) groups excluding carboxylic acids is 1. The maximum Gasteiger partial charge on any atom is 0.203 e. The third-order valence-electron chi connectivity index (χ3n) is 2.07. The molecule has 2 aromatic rings. The van der Waals surface area contributed by atoms with Crippen LogP contribution in [0.5, 0.6) is 0 Å². The van der Waals surface area contributed by atoms with Crippen molar-refractivity contribution < 1.29 is 4.79 Å². The fourth-order valence-corrected chi connectivity index (χ4v) is 1.38. The largest absolute Gasteiger partial charge is 0.300 e. The minimum Gasteiger partial charge on any atom is -0.300 e. The normalized spacial score (nSPS) is 10.1. The first-order chi connectivity index (χ1) is 7.75. The summed E-state index contributed by atoms with van der Waals surface area (Å²) in [5.74, 6) is 0.629. The van der Waals surface area contributed by atoms with Crippen molar-refractivity contribution >= 4 is 5.78 Å². The molecule has 0 atom stereocenters. The van der Waals surface area contributed by atoms with Crippen molar-refractivity contribution in [2.75, 3.05) is 0 Å². The SMILES string of the molecule is CC(=O)Cc1ccc(-c2nncnn2)cc1. The number of hydrogen-bond acceptors (Lipinski definition) is 5. The third-order valence-corrected chi connectivity index (χ3v) is 2.07. The molecule has 2 rings (SSSR count). The van der Waals surface area contributed by atoms with Gasteiger partial charge in [-0.15, -0.1) is 20.4 Å². The lowest BCUT2D eigenvalue weighted by molar-refractivity contribution is -0.116. The van der Waals surface area contributed by atoms with Crippen LogP contribution in [0.15, 0.2) is 30.6 Å². The maximum absolute atomic E-state index is 10.9. The van der Waals surface area contributed by atoms with Crippen LogP contribution in [0.1, 0.15) is 12.5 Å². The van der Waals surface area contributed by atoms with E-state index in [0.29, 0.717) is 12.2 Å². The van der Waals surface area contributed by atoms with Crippen LogP contribution < -0.4 is 0 Å². The molecule has 0 spiro atoms. The molecular formula is C11H10N4O. The number of hydrogen-bond donors (Lipinski definition) is 0. The first-order valence-electron chi connectivity index (χ1n) is 4.85. The summed E-state index contributed by atoms with van der Waals surface area (Å²) in [6.07, 6.45) is 1.74. The summed E-state index contributed by atoms with van der Waals surface area (Å²) in [6, 6.07) is 7.48. The minimum atomic E-state index is 0.145. The molecule has 0 aliphatic rings. The van der Waals surface area contributed by atoms with Gasteiger partial charge in [0.25, 0.3) is 0 Å². The molecule has 1 aromatic carbocycles. The molecule has 0 fully saturated rings. The summed E-state index contributed by atoms with van der Waals surface area (Å²) in [4.78, 5) is 10.9. The Kier molecular flexibility index (Phi) is 2.95. The lowest BCUT2D eigenvalue weighted by atomic mass is 10.1. The van der Waals surface area contributed by atoms with Crippen molar-refractivity contribution in [3.05, 3.63) is 36.2 Å². The van der Waals surface area contributed by atoms with Crippen LogP contribution in [-0.4, -0.2) is 26.2 Å². The van der Waals surface area contributed by atoms with Gasteiger partial charge in [0.1, 0.15) is 5.78 Å². The van der Waals surface area contributed by atoms with Gasteiger partial charge in [0, 0.05) is 12.0 Å². The maximum atomic E-state index is 10.9. The van der Waals surface area contributed by atoms with E-state index in [-0.39, 0.29) is 5.78 Å². The fourth-order valence-electron chi connectivity index (χ4n) is 1.38. The molecule has 5 nitrogen and oxygen atoms in total. The van der Waals surface area contributed by atoms with Crippen molar-refractivity contribution in [1.82, 2.24) is 20.4 Å². The summed E-state index contributed by atoms with van der Waals surface area (Å²) in [5, 5.41) is 15.0. The highest BCUT2D eigenvalue weighted by Crippen LogP contribution is 2.13. The van der Waals surface area contributed by atoms with Crippen molar-refractivity contribution in [2.45, 2.75) is 13.3 Å². The molecule has 0 aliphatic carbocycles. The molecule has 5 heteroatoms. The second-order valence-corrected chi connectivity index (χ2v) is 3.45. The molecule has 0 aliphatic heterocycles. The molecule has 0 unspecified atom stereocenters. The van der Waals surface area contributed by atoms with E-state index in [1.165, 1.54) is 6.33 Å². The molecule has 0 radical (unpaired) electrons. The molecule has 0 amide bonds. The first kappa shape index (κ1) is 10.4. The van der Waals surface area contributed by atoms with Gasteiger partial charge in [-0.05, 0) is 12.5 Å². The second-order valence-electron chi connectivity index (χ2n) is 3.45. The average Bonchev–Trinajstić information content (AvgIpc) is 2.30. The Labute approximate surface area is 92.6 Å². The smallest absolute Gasteiger partial charge is 0.203 e. The van der Waals surface area contributed by atoms with Crippen LogP contribution in [0.3, 0.4) is 0 Å². The monoisotopic (exact) mass is 214 g/mol. The minimum absolute atomic E-state index is 0.145. The van der Waals surface area contributed by atoms with Crippen LogP contribution in [0.25, 0.3) is 11.4 Å². The van der Waals surface area contributed by atoms with E-state index >= 15 is 0 Å². The Balaban J connectivity index is 2.23. The Hall–Kier alpha value is -2.17. The Morgan fingerprint density at radius 1 is 1.12 bits per heavy atom. The van der Waals surface area contributed by atoms with Gasteiger partial charge in [0.05, 0.1) is 0 Å². The van der Waals surface area contributed by atoms with Crippen molar-refractivity contribution in [3.8, 4) is 11.4 Å². The Bertz CT molecular complexity index is 481. The summed E-state index contributed by atoms with van der Waals surface area (Å²) >= 11 is 0. The van der Waals surface area contributed by atoms with Crippen LogP contribution in [-0.2, 0) is 11.2 Å². The molecule has 0 saturated heterocycles. The highest BCUT2D eigenvalue weighted by atomic mass is 16.1. The zero-order valence-corrected chi connectivity index (χ0v) is 8.79. The van der Waals surface area contributed by atoms with Crippen LogP contribution in [0, 0.1) is 0 Å². The molecule has 80 valence electrons. The third kappa shape index (κ3) is 2.44. The van der Waals surface area contributed by atoms with E-state index in [9.17, 15) is 4.79 Å². The van der Waals surface area contributed by atoms with Crippen molar-refractivity contribution in [3.63, 3.8) is 0 Å². The Morgan fingerprint density at radius 2 is 1.75 bits per heavy atom. The number of Topliss-reactive ketones (excluding diaryl/α,β-unsaturated/α-hetero) is 1. The first-order valence-corrected chi connectivity index (χ1v) is 4.85. The molecule has 0 bridgehead atoms. The zero-order chi connectivity index (χ0) is 11.4. The van der Waals surface area contributed by atoms with E-state index in [0.717, 1.165) is 11.1 Å². The van der Waals surface area contributed by atoms with Gasteiger partial charge in [-0.2, -0.15) is 0 Å². The van der Waals surface area contributed by atoms with Crippen molar-refractivity contribution in [2.24, 2.45) is 0 Å². The van der Waals surface area contributed by atoms with Gasteiger partial charge in [-0.1, -0.05) is 24.3 Å². The summed E-state index contributed by atoms with van der Waals surface area (Å²) in [6.45, 7) is 1.57. The molecule has 1 heterocycles. The van der Waals surface area contributed by atoms with Crippen LogP contribution in [0.2, 0.25) is 0 Å². The van der Waals surface area contributed by atoms with Gasteiger partial charge in [-0.25, -0.2) is 0 Å². The number of carbonyl (C=O) groups is 1. The number of ketones is 1. The number of rotatable bonds is 3. The highest BCUT2D eigenvalue weighted by Gasteiger charge is 2.02. The second kappa shape index (κ2) is 4.57. The van der Waals surface area contributed by atoms with Gasteiger partial charge >= 0.3 is 0 Å². The molecule has 0 saturated carbocycles. The van der Waals surface area contributed by atoms with Gasteiger partial charge < -0.3 is 0 Å². The Morgan fingerprint density at radius 3 is 2.31 bits per heavy atom. The fraction of sp³-hybridized carbons (Fsp3) is 0.182. The van der Waals surface area contributed by atoms with E-state index in [4.69, 9.17) is 0 Å². The van der Waals surface area contributed by atoms with Gasteiger partial charge in [-0.3, -0.25) is 4.79 Å². The number of nitrogens with zero attached hydrogens (tertiary/aromatic N) is 4. The van der Waals surface area contributed by atoms with E-state index in [2.05, 4.69) is 20.4 Å². The van der Waals surface area contributed by atoms with Crippen LogP contribution >= 0.6 is 0 Å². The lowest BCUT2D eigenvalue weighted by Crippen LogP contribution is -1.97. The van der Waals surface area contributed by atoms with Crippen molar-refractivity contribution in [1.29, 1.82) is 0 Å². The summed E-state index contributed by atoms with van der Waals surface area (Å²) < 4.78 is 0. The lowest BCUT2D eigenvalue weighted by Gasteiger charge is -2.00. The topological polar surface area (TPSA) is 68.6 Å². The van der Waals surface area contributed by atoms with E-state index < -0.39 is 0 Å². The number of benzene rings is 1. The summed E-state index contributed by atoms with van der Waals surface area (Å²) in [5.41, 5.74) is 1.82. The molecule has 0 N–H and O–H groups in total. The summed E-state index contributed by atoms with van der Waals surface area (Å²) in [7, 11) is 0. The van der Waals surface area contributed by atoms with Crippen LogP contribution in [0.4, 0.5) is 0 Å². The quantitative estimate of drug-likeness (QED) is 0.764. The average molecular weight is 214 g/mol. The van der Waals surface area contributed by atoms with E-state index in [1.807, 2.05) is 24.3 Å². The van der Waals surface area contributed by atoms with E-state index in [1.54, 1.807) is 6.92 Å². The highest BCUT2D eigenvalue weighted by molar-refractivity contribution is 5.78. The molecule has 16 heavy (non-hydrogen) atoms. The van der Waals surface area contributed by atoms with Gasteiger partial charge in [0.2, 0.25) is 5.82 Å². The zero-order valence-electron chi connectivity index (χ0n) is 8.79. The van der Waals surface area contributed by atoms with Gasteiger partial charge in [0.15, 0.2) is 6.33 Å². The molecule has 1 aromatic heterocycles. The number of aromatic nitrogens is 4. The predicted octanol–water partition coefficient (Wildman–Crippen LogP) is 1.07.